The zero-order chi connectivity index (χ0) is 17.4. The first-order chi connectivity index (χ1) is 12.2. The summed E-state index contributed by atoms with van der Waals surface area (Å²) in [5, 5.41) is 0. The molecule has 1 amide bonds. The van der Waals surface area contributed by atoms with Crippen molar-refractivity contribution in [2.24, 2.45) is 0 Å². The van der Waals surface area contributed by atoms with Gasteiger partial charge in [0.05, 0.1) is 17.1 Å². The van der Waals surface area contributed by atoms with E-state index in [9.17, 15) is 9.59 Å². The minimum atomic E-state index is -0.117. The van der Waals surface area contributed by atoms with Gasteiger partial charge in [0.1, 0.15) is 6.54 Å². The number of carbonyl (C=O) groups is 1. The van der Waals surface area contributed by atoms with Crippen LogP contribution in [0.2, 0.25) is 0 Å². The molecule has 1 aliphatic rings. The Labute approximate surface area is 146 Å². The van der Waals surface area contributed by atoms with E-state index in [1.807, 2.05) is 54.3 Å². The van der Waals surface area contributed by atoms with Gasteiger partial charge in [0.15, 0.2) is 0 Å². The summed E-state index contributed by atoms with van der Waals surface area (Å²) >= 11 is 0. The molecule has 1 fully saturated rings. The van der Waals surface area contributed by atoms with Crippen LogP contribution >= 0.6 is 0 Å². The summed E-state index contributed by atoms with van der Waals surface area (Å²) < 4.78 is 3.31. The highest BCUT2D eigenvalue weighted by Gasteiger charge is 2.33. The van der Waals surface area contributed by atoms with Gasteiger partial charge in [-0.3, -0.25) is 13.9 Å². The topological polar surface area (TPSA) is 47.2 Å². The number of hydrogen-bond donors (Lipinski definition) is 0. The van der Waals surface area contributed by atoms with Gasteiger partial charge < -0.3 is 4.90 Å². The third-order valence-electron chi connectivity index (χ3n) is 5.06. The molecule has 0 aliphatic carbocycles. The fourth-order valence-electron chi connectivity index (χ4n) is 3.66. The van der Waals surface area contributed by atoms with Crippen LogP contribution in [0.15, 0.2) is 59.4 Å². The molecule has 1 aliphatic heterocycles. The van der Waals surface area contributed by atoms with Crippen molar-refractivity contribution in [3.05, 3.63) is 70.6 Å². The van der Waals surface area contributed by atoms with Gasteiger partial charge in [0.25, 0.3) is 0 Å². The van der Waals surface area contributed by atoms with Crippen molar-refractivity contribution in [1.82, 2.24) is 14.0 Å². The molecular formula is C20H21N3O2. The summed E-state index contributed by atoms with van der Waals surface area (Å²) in [5.41, 5.74) is 2.74. The largest absolute Gasteiger partial charge is 0.334 e. The third kappa shape index (κ3) is 2.56. The quantitative estimate of drug-likeness (QED) is 0.736. The Hall–Kier alpha value is -2.82. The Morgan fingerprint density at radius 2 is 1.64 bits per heavy atom. The summed E-state index contributed by atoms with van der Waals surface area (Å²) in [4.78, 5) is 27.4. The molecule has 0 saturated carbocycles. The Kier molecular flexibility index (Phi) is 3.92. The van der Waals surface area contributed by atoms with Crippen molar-refractivity contribution < 1.29 is 4.79 Å². The van der Waals surface area contributed by atoms with E-state index in [0.717, 1.165) is 29.6 Å². The molecule has 4 rings (SSSR count). The van der Waals surface area contributed by atoms with Crippen molar-refractivity contribution in [1.29, 1.82) is 0 Å². The van der Waals surface area contributed by atoms with Crippen LogP contribution < -0.4 is 5.69 Å². The molecule has 5 nitrogen and oxygen atoms in total. The number of rotatable bonds is 4. The number of carbonyl (C=O) groups excluding carboxylic acids is 1. The molecule has 5 heteroatoms. The predicted octanol–water partition coefficient (Wildman–Crippen LogP) is 2.80. The van der Waals surface area contributed by atoms with Crippen molar-refractivity contribution in [3.8, 4) is 0 Å². The third-order valence-corrected chi connectivity index (χ3v) is 5.06. The van der Waals surface area contributed by atoms with Gasteiger partial charge in [-0.05, 0) is 31.0 Å². The molecule has 1 aromatic heterocycles. The first-order valence-electron chi connectivity index (χ1n) is 8.73. The highest BCUT2D eigenvalue weighted by atomic mass is 16.2. The van der Waals surface area contributed by atoms with Crippen LogP contribution in [0.5, 0.6) is 0 Å². The van der Waals surface area contributed by atoms with Crippen molar-refractivity contribution in [2.75, 3.05) is 6.54 Å². The maximum Gasteiger partial charge on any atom is 0.329 e. The van der Waals surface area contributed by atoms with Gasteiger partial charge in [0.2, 0.25) is 5.91 Å². The molecule has 25 heavy (non-hydrogen) atoms. The standard InChI is InChI=1S/C20H21N3O2/c1-2-21-17-10-6-7-11-18(17)23(20(21)25)14-19(24)22-13-12-16(22)15-8-4-3-5-9-15/h3-11,16H,2,12-14H2,1H3. The molecule has 2 aromatic carbocycles. The highest BCUT2D eigenvalue weighted by molar-refractivity contribution is 5.81. The van der Waals surface area contributed by atoms with Crippen LogP contribution in [-0.4, -0.2) is 26.5 Å². The van der Waals surface area contributed by atoms with Crippen LogP contribution in [0.1, 0.15) is 24.9 Å². The van der Waals surface area contributed by atoms with E-state index in [2.05, 4.69) is 12.1 Å². The molecule has 1 unspecified atom stereocenters. The highest BCUT2D eigenvalue weighted by Crippen LogP contribution is 2.33. The van der Waals surface area contributed by atoms with Crippen LogP contribution in [-0.2, 0) is 17.9 Å². The van der Waals surface area contributed by atoms with E-state index in [4.69, 9.17) is 0 Å². The van der Waals surface area contributed by atoms with E-state index in [0.29, 0.717) is 6.54 Å². The van der Waals surface area contributed by atoms with Gasteiger partial charge >= 0.3 is 5.69 Å². The van der Waals surface area contributed by atoms with E-state index in [1.54, 1.807) is 9.13 Å². The number of amides is 1. The summed E-state index contributed by atoms with van der Waals surface area (Å²) in [5.74, 6) is 0.00112. The lowest BCUT2D eigenvalue weighted by molar-refractivity contribution is -0.139. The second-order valence-electron chi connectivity index (χ2n) is 6.40. The number of benzene rings is 2. The molecule has 0 N–H and O–H groups in total. The van der Waals surface area contributed by atoms with Crippen LogP contribution in [0.25, 0.3) is 11.0 Å². The van der Waals surface area contributed by atoms with Gasteiger partial charge in [-0.15, -0.1) is 0 Å². The minimum absolute atomic E-state index is 0.00112. The first-order valence-corrected chi connectivity index (χ1v) is 8.73. The fraction of sp³-hybridized carbons (Fsp3) is 0.300. The summed E-state index contributed by atoms with van der Waals surface area (Å²) in [6, 6.07) is 17.9. The normalized spacial score (nSPS) is 16.8. The van der Waals surface area contributed by atoms with E-state index >= 15 is 0 Å². The molecule has 0 spiro atoms. The summed E-state index contributed by atoms with van der Waals surface area (Å²) in [6.45, 7) is 3.38. The maximum absolute atomic E-state index is 12.8. The number of aromatic nitrogens is 2. The van der Waals surface area contributed by atoms with Crippen molar-refractivity contribution in [2.45, 2.75) is 32.5 Å². The second-order valence-corrected chi connectivity index (χ2v) is 6.40. The van der Waals surface area contributed by atoms with Crippen molar-refractivity contribution >= 4 is 16.9 Å². The summed E-state index contributed by atoms with van der Waals surface area (Å²) in [7, 11) is 0. The molecule has 1 atom stereocenters. The number of likely N-dealkylation sites (tertiary alicyclic amines) is 1. The molecule has 0 radical (unpaired) electrons. The van der Waals surface area contributed by atoms with E-state index in [1.165, 1.54) is 0 Å². The van der Waals surface area contributed by atoms with Crippen molar-refractivity contribution in [3.63, 3.8) is 0 Å². The Balaban J connectivity index is 1.63. The number of aryl methyl sites for hydroxylation is 1. The Morgan fingerprint density at radius 1 is 1.00 bits per heavy atom. The van der Waals surface area contributed by atoms with Crippen LogP contribution in [0.4, 0.5) is 0 Å². The SMILES string of the molecule is CCn1c(=O)n(CC(=O)N2CCC2c2ccccc2)c2ccccc21. The molecule has 0 bridgehead atoms. The molecule has 128 valence electrons. The number of nitrogens with zero attached hydrogens (tertiary/aromatic N) is 3. The summed E-state index contributed by atoms with van der Waals surface area (Å²) in [6.07, 6.45) is 0.974. The molecule has 1 saturated heterocycles. The zero-order valence-electron chi connectivity index (χ0n) is 14.3. The number of imidazole rings is 1. The number of para-hydroxylation sites is 2. The molecule has 2 heterocycles. The van der Waals surface area contributed by atoms with E-state index in [-0.39, 0.29) is 24.2 Å². The number of fused-ring (bicyclic) bond motifs is 1. The monoisotopic (exact) mass is 335 g/mol. The first kappa shape index (κ1) is 15.7. The minimum Gasteiger partial charge on any atom is -0.334 e. The van der Waals surface area contributed by atoms with Gasteiger partial charge in [-0.2, -0.15) is 0 Å². The molecular weight excluding hydrogens is 314 g/mol. The number of hydrogen-bond acceptors (Lipinski definition) is 2. The Bertz CT molecular complexity index is 972. The van der Waals surface area contributed by atoms with E-state index < -0.39 is 0 Å². The Morgan fingerprint density at radius 3 is 2.24 bits per heavy atom. The van der Waals surface area contributed by atoms with Gasteiger partial charge in [-0.1, -0.05) is 42.5 Å². The lowest BCUT2D eigenvalue weighted by atomic mass is 9.94. The van der Waals surface area contributed by atoms with Crippen LogP contribution in [0, 0.1) is 0 Å². The predicted molar refractivity (Wildman–Crippen MR) is 97.4 cm³/mol. The lowest BCUT2D eigenvalue weighted by Gasteiger charge is -2.41. The maximum atomic E-state index is 12.8. The van der Waals surface area contributed by atoms with Gasteiger partial charge in [-0.25, -0.2) is 4.79 Å². The average molecular weight is 335 g/mol. The second kappa shape index (κ2) is 6.24. The van der Waals surface area contributed by atoms with Gasteiger partial charge in [0, 0.05) is 13.1 Å². The van der Waals surface area contributed by atoms with Crippen LogP contribution in [0.3, 0.4) is 0 Å². The zero-order valence-corrected chi connectivity index (χ0v) is 14.3. The molecule has 3 aromatic rings. The smallest absolute Gasteiger partial charge is 0.329 e. The average Bonchev–Trinajstić information content (AvgIpc) is 2.86. The lowest BCUT2D eigenvalue weighted by Crippen LogP contribution is -2.47. The fourth-order valence-corrected chi connectivity index (χ4v) is 3.66.